The SMILES string of the molecule is C.C=CC(=O)Nc1cc(-c2cc(-c3cc4c([nH]3)C3(CCCNC3)CNC4=O)ccn2)ccc1OC. The number of carbonyl (C=O) groups excluding carboxylic acids is 2. The van der Waals surface area contributed by atoms with Gasteiger partial charge in [-0.25, -0.2) is 0 Å². The van der Waals surface area contributed by atoms with Crippen molar-refractivity contribution in [1.82, 2.24) is 20.6 Å². The minimum atomic E-state index is -0.321. The molecule has 0 bridgehead atoms. The van der Waals surface area contributed by atoms with Crippen LogP contribution < -0.4 is 20.7 Å². The Labute approximate surface area is 205 Å². The molecule has 0 saturated carbocycles. The Morgan fingerprint density at radius 1 is 1.20 bits per heavy atom. The number of amides is 2. The second-order valence-electron chi connectivity index (χ2n) is 8.75. The molecule has 5 rings (SSSR count). The van der Waals surface area contributed by atoms with E-state index in [1.54, 1.807) is 19.4 Å². The topological polar surface area (TPSA) is 108 Å². The number of aromatic nitrogens is 2. The Bertz CT molecular complexity index is 1270. The van der Waals surface area contributed by atoms with E-state index < -0.39 is 0 Å². The summed E-state index contributed by atoms with van der Waals surface area (Å²) in [6, 6.07) is 11.3. The lowest BCUT2D eigenvalue weighted by molar-refractivity contribution is -0.111. The van der Waals surface area contributed by atoms with Crippen molar-refractivity contribution in [2.24, 2.45) is 0 Å². The Kier molecular flexibility index (Phi) is 6.75. The molecule has 1 aromatic carbocycles. The van der Waals surface area contributed by atoms with Crippen molar-refractivity contribution in [2.45, 2.75) is 25.7 Å². The van der Waals surface area contributed by atoms with Gasteiger partial charge >= 0.3 is 0 Å². The van der Waals surface area contributed by atoms with E-state index in [4.69, 9.17) is 4.74 Å². The summed E-state index contributed by atoms with van der Waals surface area (Å²) in [5.41, 5.74) is 5.52. The fourth-order valence-corrected chi connectivity index (χ4v) is 4.88. The van der Waals surface area contributed by atoms with Crippen LogP contribution in [-0.4, -0.2) is 48.5 Å². The Morgan fingerprint density at radius 3 is 2.80 bits per heavy atom. The van der Waals surface area contributed by atoms with Gasteiger partial charge in [-0.1, -0.05) is 14.0 Å². The molecule has 0 aliphatic carbocycles. The Morgan fingerprint density at radius 2 is 2.06 bits per heavy atom. The number of piperidine rings is 1. The van der Waals surface area contributed by atoms with Gasteiger partial charge in [-0.2, -0.15) is 0 Å². The third-order valence-corrected chi connectivity index (χ3v) is 6.66. The second kappa shape index (κ2) is 9.76. The standard InChI is InChI=1S/C26H27N5O3.CH4/c1-3-23(32)30-21-12-16(5-6-22(21)34-2)19-11-17(7-10-28-19)20-13-18-24(31-20)26(15-29-25(18)33)8-4-9-27-14-26;/h3,5-7,10-13,27,31H,1,4,8-9,14-15H2,2H3,(H,29,33)(H,30,32);1H4. The smallest absolute Gasteiger partial charge is 0.253 e. The van der Waals surface area contributed by atoms with Crippen molar-refractivity contribution >= 4 is 17.5 Å². The Hall–Kier alpha value is -3.91. The Balaban J connectivity index is 0.00000289. The van der Waals surface area contributed by atoms with Gasteiger partial charge in [0.25, 0.3) is 5.91 Å². The quantitative estimate of drug-likeness (QED) is 0.421. The van der Waals surface area contributed by atoms with Crippen LogP contribution >= 0.6 is 0 Å². The van der Waals surface area contributed by atoms with Gasteiger partial charge in [-0.15, -0.1) is 0 Å². The van der Waals surface area contributed by atoms with Crippen molar-refractivity contribution in [3.05, 3.63) is 66.5 Å². The molecule has 8 nitrogen and oxygen atoms in total. The van der Waals surface area contributed by atoms with Gasteiger partial charge in [-0.3, -0.25) is 14.6 Å². The first-order chi connectivity index (χ1) is 16.5. The molecular formula is C27H31N5O3. The van der Waals surface area contributed by atoms with Crippen molar-refractivity contribution in [3.63, 3.8) is 0 Å². The van der Waals surface area contributed by atoms with E-state index in [1.165, 1.54) is 6.08 Å². The first kappa shape index (κ1) is 24.2. The van der Waals surface area contributed by atoms with E-state index in [0.717, 1.165) is 54.1 Å². The molecule has 2 amide bonds. The number of ether oxygens (including phenoxy) is 1. The van der Waals surface area contributed by atoms with Crippen molar-refractivity contribution < 1.29 is 14.3 Å². The number of nitrogens with zero attached hydrogens (tertiary/aromatic N) is 1. The number of hydrogen-bond donors (Lipinski definition) is 4. The lowest BCUT2D eigenvalue weighted by Crippen LogP contribution is -2.54. The average Bonchev–Trinajstić information content (AvgIpc) is 3.35. The molecule has 4 heterocycles. The maximum Gasteiger partial charge on any atom is 0.253 e. The van der Waals surface area contributed by atoms with Crippen molar-refractivity contribution in [3.8, 4) is 28.3 Å². The van der Waals surface area contributed by atoms with Gasteiger partial charge in [0.1, 0.15) is 5.75 Å². The third kappa shape index (κ3) is 4.44. The van der Waals surface area contributed by atoms with Gasteiger partial charge in [0, 0.05) is 47.2 Å². The minimum Gasteiger partial charge on any atom is -0.495 e. The van der Waals surface area contributed by atoms with Gasteiger partial charge in [0.2, 0.25) is 5.91 Å². The number of rotatable bonds is 5. The molecule has 182 valence electrons. The fraction of sp³-hybridized carbons (Fsp3) is 0.296. The van der Waals surface area contributed by atoms with Crippen LogP contribution in [0.5, 0.6) is 5.75 Å². The average molecular weight is 474 g/mol. The molecule has 35 heavy (non-hydrogen) atoms. The summed E-state index contributed by atoms with van der Waals surface area (Å²) in [6.45, 7) is 5.98. The number of aromatic amines is 1. The molecule has 1 saturated heterocycles. The monoisotopic (exact) mass is 473 g/mol. The number of methoxy groups -OCH3 is 1. The molecule has 4 N–H and O–H groups in total. The molecule has 1 fully saturated rings. The highest BCUT2D eigenvalue weighted by Crippen LogP contribution is 2.38. The molecule has 1 spiro atoms. The molecule has 2 aliphatic heterocycles. The van der Waals surface area contributed by atoms with Crippen LogP contribution in [0.4, 0.5) is 5.69 Å². The summed E-state index contributed by atoms with van der Waals surface area (Å²) >= 11 is 0. The normalized spacial score (nSPS) is 18.7. The zero-order valence-corrected chi connectivity index (χ0v) is 19.0. The zero-order valence-electron chi connectivity index (χ0n) is 19.0. The third-order valence-electron chi connectivity index (χ3n) is 6.66. The van der Waals surface area contributed by atoms with Crippen molar-refractivity contribution in [1.29, 1.82) is 0 Å². The number of pyridine rings is 1. The number of anilines is 1. The van der Waals surface area contributed by atoms with Crippen LogP contribution in [0.2, 0.25) is 0 Å². The van der Waals surface area contributed by atoms with Gasteiger partial charge in [0.05, 0.1) is 24.1 Å². The second-order valence-corrected chi connectivity index (χ2v) is 8.75. The summed E-state index contributed by atoms with van der Waals surface area (Å²) < 4.78 is 5.37. The summed E-state index contributed by atoms with van der Waals surface area (Å²) in [6.07, 6.45) is 5.06. The van der Waals surface area contributed by atoms with Crippen LogP contribution in [0.15, 0.2) is 55.3 Å². The lowest BCUT2D eigenvalue weighted by atomic mass is 9.74. The fourth-order valence-electron chi connectivity index (χ4n) is 4.88. The largest absolute Gasteiger partial charge is 0.495 e. The number of hydrogen-bond acceptors (Lipinski definition) is 5. The highest BCUT2D eigenvalue weighted by Gasteiger charge is 2.42. The maximum atomic E-state index is 12.6. The van der Waals surface area contributed by atoms with Crippen LogP contribution in [-0.2, 0) is 10.2 Å². The molecule has 0 radical (unpaired) electrons. The molecular weight excluding hydrogens is 442 g/mol. The maximum absolute atomic E-state index is 12.6. The number of fused-ring (bicyclic) bond motifs is 2. The number of carbonyl (C=O) groups is 2. The summed E-state index contributed by atoms with van der Waals surface area (Å²) in [5.74, 6) is 0.184. The number of H-pyrrole nitrogens is 1. The van der Waals surface area contributed by atoms with Gasteiger partial charge in [0.15, 0.2) is 0 Å². The predicted octanol–water partition coefficient (Wildman–Crippen LogP) is 3.88. The van der Waals surface area contributed by atoms with E-state index in [2.05, 4.69) is 32.5 Å². The van der Waals surface area contributed by atoms with Crippen LogP contribution in [0, 0.1) is 0 Å². The van der Waals surface area contributed by atoms with Crippen LogP contribution in [0.1, 0.15) is 36.3 Å². The number of nitrogens with one attached hydrogen (secondary N) is 4. The lowest BCUT2D eigenvalue weighted by Gasteiger charge is -2.40. The summed E-state index contributed by atoms with van der Waals surface area (Å²) in [5, 5.41) is 9.33. The van der Waals surface area contributed by atoms with Gasteiger partial charge < -0.3 is 25.7 Å². The molecule has 1 unspecified atom stereocenters. The molecule has 2 aliphatic rings. The van der Waals surface area contributed by atoms with Crippen LogP contribution in [0.3, 0.4) is 0 Å². The van der Waals surface area contributed by atoms with E-state index in [-0.39, 0.29) is 24.7 Å². The van der Waals surface area contributed by atoms with E-state index >= 15 is 0 Å². The molecule has 3 aromatic rings. The molecule has 2 aromatic heterocycles. The van der Waals surface area contributed by atoms with Gasteiger partial charge in [-0.05, 0) is 61.9 Å². The van der Waals surface area contributed by atoms with E-state index in [0.29, 0.717) is 23.5 Å². The van der Waals surface area contributed by atoms with Crippen molar-refractivity contribution in [2.75, 3.05) is 32.1 Å². The first-order valence-electron chi connectivity index (χ1n) is 11.3. The van der Waals surface area contributed by atoms with E-state index in [1.807, 2.05) is 30.3 Å². The predicted molar refractivity (Wildman–Crippen MR) is 138 cm³/mol. The summed E-state index contributed by atoms with van der Waals surface area (Å²) in [7, 11) is 1.55. The van der Waals surface area contributed by atoms with E-state index in [9.17, 15) is 9.59 Å². The highest BCUT2D eigenvalue weighted by atomic mass is 16.5. The minimum absolute atomic E-state index is 0. The zero-order chi connectivity index (χ0) is 23.7. The highest BCUT2D eigenvalue weighted by molar-refractivity contribution is 6.00. The number of benzene rings is 1. The summed E-state index contributed by atoms with van der Waals surface area (Å²) in [4.78, 5) is 32.6. The molecule has 8 heteroatoms. The molecule has 1 atom stereocenters. The van der Waals surface area contributed by atoms with Crippen LogP contribution in [0.25, 0.3) is 22.5 Å². The first-order valence-corrected chi connectivity index (χ1v) is 11.3.